The molecule has 0 radical (unpaired) electrons. The van der Waals surface area contributed by atoms with Crippen LogP contribution in [-0.2, 0) is 11.8 Å². The number of halogens is 2. The van der Waals surface area contributed by atoms with Gasteiger partial charge in [0.15, 0.2) is 0 Å². The van der Waals surface area contributed by atoms with E-state index in [9.17, 15) is 9.59 Å². The number of aryl methyl sites for hydroxylation is 1. The van der Waals surface area contributed by atoms with E-state index in [0.717, 1.165) is 28.2 Å². The van der Waals surface area contributed by atoms with Crippen molar-refractivity contribution in [2.45, 2.75) is 12.8 Å². The van der Waals surface area contributed by atoms with Gasteiger partial charge in [0, 0.05) is 37.2 Å². The summed E-state index contributed by atoms with van der Waals surface area (Å²) in [6.45, 7) is 1.02. The van der Waals surface area contributed by atoms with Gasteiger partial charge in [-0.25, -0.2) is 4.98 Å². The first-order valence-corrected chi connectivity index (χ1v) is 10.6. The number of anilines is 1. The molecule has 150 valence electrons. The van der Waals surface area contributed by atoms with Crippen molar-refractivity contribution in [1.29, 1.82) is 0 Å². The molecule has 1 aliphatic rings. The Hall–Kier alpha value is -2.38. The number of hydrogen-bond donors (Lipinski definition) is 1. The number of piperidine rings is 1. The standard InChI is InChI=1S/C21H20BrClN4O2/c1-26-16-7-3-2-6-15(16)18(22)19(26)21(29)27-10-4-5-13(12-27)20(28)25-17-9-8-14(23)11-24-17/h2-3,6-9,11,13H,4-5,10,12H2,1H3,(H,24,25,28). The lowest BCUT2D eigenvalue weighted by atomic mass is 9.97. The molecule has 3 heterocycles. The molecule has 6 nitrogen and oxygen atoms in total. The average molecular weight is 476 g/mol. The normalized spacial score (nSPS) is 16.8. The van der Waals surface area contributed by atoms with Crippen molar-refractivity contribution < 1.29 is 9.59 Å². The predicted molar refractivity (Wildman–Crippen MR) is 117 cm³/mol. The molecule has 0 bridgehead atoms. The Balaban J connectivity index is 1.52. The number of carbonyl (C=O) groups excluding carboxylic acids is 2. The SMILES string of the molecule is Cn1c(C(=O)N2CCCC(C(=O)Nc3ccc(Cl)cn3)C2)c(Br)c2ccccc21. The lowest BCUT2D eigenvalue weighted by molar-refractivity contribution is -0.121. The summed E-state index contributed by atoms with van der Waals surface area (Å²) in [5.41, 5.74) is 1.59. The molecule has 1 aromatic carbocycles. The third-order valence-corrected chi connectivity index (χ3v) is 6.33. The molecular weight excluding hydrogens is 456 g/mol. The van der Waals surface area contributed by atoms with Crippen molar-refractivity contribution in [2.75, 3.05) is 18.4 Å². The van der Waals surface area contributed by atoms with E-state index >= 15 is 0 Å². The van der Waals surface area contributed by atoms with Crippen LogP contribution in [0, 0.1) is 5.92 Å². The van der Waals surface area contributed by atoms with E-state index in [1.165, 1.54) is 6.20 Å². The van der Waals surface area contributed by atoms with Crippen molar-refractivity contribution in [3.63, 3.8) is 0 Å². The maximum atomic E-state index is 13.3. The molecule has 0 spiro atoms. The summed E-state index contributed by atoms with van der Waals surface area (Å²) in [7, 11) is 1.89. The largest absolute Gasteiger partial charge is 0.339 e. The van der Waals surface area contributed by atoms with Crippen LogP contribution in [0.3, 0.4) is 0 Å². The molecule has 1 unspecified atom stereocenters. The van der Waals surface area contributed by atoms with Crippen molar-refractivity contribution in [3.05, 3.63) is 57.8 Å². The summed E-state index contributed by atoms with van der Waals surface area (Å²) in [5, 5.41) is 4.33. The molecule has 4 rings (SSSR count). The number of fused-ring (bicyclic) bond motifs is 1. The van der Waals surface area contributed by atoms with Crippen molar-refractivity contribution >= 4 is 56.1 Å². The minimum atomic E-state index is -0.279. The van der Waals surface area contributed by atoms with Crippen LogP contribution in [0.2, 0.25) is 5.02 Å². The summed E-state index contributed by atoms with van der Waals surface area (Å²) >= 11 is 9.44. The fourth-order valence-electron chi connectivity index (χ4n) is 3.79. The smallest absolute Gasteiger partial charge is 0.271 e. The van der Waals surface area contributed by atoms with Gasteiger partial charge >= 0.3 is 0 Å². The van der Waals surface area contributed by atoms with E-state index in [1.54, 1.807) is 17.0 Å². The zero-order valence-corrected chi connectivity index (χ0v) is 18.2. The molecule has 1 atom stereocenters. The number of benzene rings is 1. The molecule has 1 aliphatic heterocycles. The van der Waals surface area contributed by atoms with Gasteiger partial charge in [-0.3, -0.25) is 9.59 Å². The predicted octanol–water partition coefficient (Wildman–Crippen LogP) is 4.48. The van der Waals surface area contributed by atoms with Crippen LogP contribution in [-0.4, -0.2) is 39.4 Å². The van der Waals surface area contributed by atoms with Gasteiger partial charge in [0.05, 0.1) is 15.4 Å². The fourth-order valence-corrected chi connectivity index (χ4v) is 4.67. The molecule has 3 aromatic rings. The van der Waals surface area contributed by atoms with Crippen LogP contribution in [0.1, 0.15) is 23.3 Å². The Bertz CT molecular complexity index is 1040. The number of para-hydroxylation sites is 1. The average Bonchev–Trinajstić information content (AvgIpc) is 3.00. The van der Waals surface area contributed by atoms with E-state index in [4.69, 9.17) is 11.6 Å². The van der Waals surface area contributed by atoms with Gasteiger partial charge in [-0.05, 0) is 47.0 Å². The van der Waals surface area contributed by atoms with Gasteiger partial charge in [0.1, 0.15) is 11.5 Å². The first-order chi connectivity index (χ1) is 14.0. The van der Waals surface area contributed by atoms with Crippen LogP contribution in [0.25, 0.3) is 10.9 Å². The van der Waals surface area contributed by atoms with Crippen LogP contribution in [0.5, 0.6) is 0 Å². The van der Waals surface area contributed by atoms with Gasteiger partial charge in [-0.1, -0.05) is 29.8 Å². The van der Waals surface area contributed by atoms with Crippen molar-refractivity contribution in [1.82, 2.24) is 14.5 Å². The van der Waals surface area contributed by atoms with E-state index in [2.05, 4.69) is 26.2 Å². The molecule has 2 amide bonds. The third kappa shape index (κ3) is 3.89. The maximum absolute atomic E-state index is 13.3. The number of nitrogens with zero attached hydrogens (tertiary/aromatic N) is 3. The van der Waals surface area contributed by atoms with Gasteiger partial charge in [0.2, 0.25) is 5.91 Å². The number of rotatable bonds is 3. The topological polar surface area (TPSA) is 67.2 Å². The molecule has 8 heteroatoms. The Morgan fingerprint density at radius 2 is 2.03 bits per heavy atom. The van der Waals surface area contributed by atoms with Gasteiger partial charge in [-0.2, -0.15) is 0 Å². The maximum Gasteiger partial charge on any atom is 0.271 e. The van der Waals surface area contributed by atoms with Gasteiger partial charge < -0.3 is 14.8 Å². The highest BCUT2D eigenvalue weighted by atomic mass is 79.9. The lowest BCUT2D eigenvalue weighted by Crippen LogP contribution is -2.44. The molecule has 2 aromatic heterocycles. The molecule has 1 saturated heterocycles. The van der Waals surface area contributed by atoms with Crippen molar-refractivity contribution in [2.24, 2.45) is 13.0 Å². The summed E-state index contributed by atoms with van der Waals surface area (Å²) in [6.07, 6.45) is 3.00. The second-order valence-corrected chi connectivity index (χ2v) is 8.41. The van der Waals surface area contributed by atoms with Gasteiger partial charge in [-0.15, -0.1) is 0 Å². The number of aromatic nitrogens is 2. The second kappa shape index (κ2) is 8.16. The van der Waals surface area contributed by atoms with E-state index in [0.29, 0.717) is 29.6 Å². The van der Waals surface area contributed by atoms with Crippen LogP contribution < -0.4 is 5.32 Å². The number of amides is 2. The molecule has 0 aliphatic carbocycles. The van der Waals surface area contributed by atoms with E-state index in [1.807, 2.05) is 35.9 Å². The number of pyridine rings is 1. The first kappa shape index (κ1) is 19.9. The highest BCUT2D eigenvalue weighted by Gasteiger charge is 2.31. The summed E-state index contributed by atoms with van der Waals surface area (Å²) < 4.78 is 2.70. The Kier molecular flexibility index (Phi) is 5.61. The Labute approximate surface area is 182 Å². The monoisotopic (exact) mass is 474 g/mol. The number of carbonyl (C=O) groups is 2. The summed E-state index contributed by atoms with van der Waals surface area (Å²) in [5.74, 6) is -0.0240. The molecule has 1 fully saturated rings. The quantitative estimate of drug-likeness (QED) is 0.607. The zero-order chi connectivity index (χ0) is 20.5. The fraction of sp³-hybridized carbons (Fsp3) is 0.286. The zero-order valence-electron chi connectivity index (χ0n) is 15.9. The number of nitrogens with one attached hydrogen (secondary N) is 1. The highest BCUT2D eigenvalue weighted by molar-refractivity contribution is 9.10. The van der Waals surface area contributed by atoms with E-state index < -0.39 is 0 Å². The molecule has 29 heavy (non-hydrogen) atoms. The third-order valence-electron chi connectivity index (χ3n) is 5.31. The minimum Gasteiger partial charge on any atom is -0.339 e. The van der Waals surface area contributed by atoms with Crippen LogP contribution in [0.15, 0.2) is 47.1 Å². The highest BCUT2D eigenvalue weighted by Crippen LogP contribution is 2.32. The van der Waals surface area contributed by atoms with Crippen LogP contribution >= 0.6 is 27.5 Å². The summed E-state index contributed by atoms with van der Waals surface area (Å²) in [6, 6.07) is 11.2. The second-order valence-electron chi connectivity index (χ2n) is 7.18. The Morgan fingerprint density at radius 1 is 1.24 bits per heavy atom. The summed E-state index contributed by atoms with van der Waals surface area (Å²) in [4.78, 5) is 31.9. The lowest BCUT2D eigenvalue weighted by Gasteiger charge is -2.32. The van der Waals surface area contributed by atoms with Crippen LogP contribution in [0.4, 0.5) is 5.82 Å². The Morgan fingerprint density at radius 3 is 2.76 bits per heavy atom. The van der Waals surface area contributed by atoms with E-state index in [-0.39, 0.29) is 17.7 Å². The molecular formula is C21H20BrClN4O2. The number of hydrogen-bond acceptors (Lipinski definition) is 3. The minimum absolute atomic E-state index is 0.0716. The van der Waals surface area contributed by atoms with Crippen molar-refractivity contribution in [3.8, 4) is 0 Å². The molecule has 0 saturated carbocycles. The molecule has 1 N–H and O–H groups in total. The first-order valence-electron chi connectivity index (χ1n) is 9.40. The number of likely N-dealkylation sites (tertiary alicyclic amines) is 1. The van der Waals surface area contributed by atoms with Gasteiger partial charge in [0.25, 0.3) is 5.91 Å².